The molecule has 23 heavy (non-hydrogen) atoms. The second-order valence-electron chi connectivity index (χ2n) is 5.54. The van der Waals surface area contributed by atoms with Gasteiger partial charge in [0.05, 0.1) is 10.7 Å². The number of aliphatic carboxylic acids is 1. The van der Waals surface area contributed by atoms with Crippen LogP contribution in [0.15, 0.2) is 18.2 Å². The van der Waals surface area contributed by atoms with Crippen LogP contribution in [0.5, 0.6) is 0 Å². The second-order valence-corrected chi connectivity index (χ2v) is 5.95. The molecule has 3 rings (SSSR count). The molecule has 3 amide bonds. The number of anilines is 1. The third-order valence-electron chi connectivity index (χ3n) is 4.14. The molecule has 2 aliphatic heterocycles. The average Bonchev–Trinajstić information content (AvgIpc) is 3.16. The van der Waals surface area contributed by atoms with E-state index in [1.807, 2.05) is 0 Å². The summed E-state index contributed by atoms with van der Waals surface area (Å²) in [5.74, 6) is -1.35. The number of hydrogen-bond donors (Lipinski definition) is 2. The van der Waals surface area contributed by atoms with Gasteiger partial charge < -0.3 is 15.3 Å². The number of carboxylic acid groups (broad SMARTS) is 1. The van der Waals surface area contributed by atoms with Gasteiger partial charge in [0.15, 0.2) is 0 Å². The normalized spacial score (nSPS) is 20.7. The van der Waals surface area contributed by atoms with Crippen LogP contribution in [0.25, 0.3) is 0 Å². The molecular weight excluding hydrogens is 322 g/mol. The molecule has 122 valence electrons. The van der Waals surface area contributed by atoms with Crippen molar-refractivity contribution >= 4 is 35.2 Å². The Hall–Kier alpha value is -2.28. The van der Waals surface area contributed by atoms with Crippen LogP contribution in [0.4, 0.5) is 10.5 Å². The topological polar surface area (TPSA) is 89.9 Å². The zero-order chi connectivity index (χ0) is 16.6. The molecule has 2 aliphatic rings. The number of carbonyl (C=O) groups is 3. The van der Waals surface area contributed by atoms with Gasteiger partial charge in [-0.05, 0) is 31.0 Å². The predicted molar refractivity (Wildman–Crippen MR) is 83.9 cm³/mol. The molecule has 0 aromatic heterocycles. The number of halogens is 1. The number of urea groups is 1. The van der Waals surface area contributed by atoms with Gasteiger partial charge in [0.25, 0.3) is 5.91 Å². The SMILES string of the molecule is O=C(O)C1CCCN1C(=O)c1ccc(Cl)c(N2CCNC2=O)c1. The molecule has 0 aliphatic carbocycles. The van der Waals surface area contributed by atoms with E-state index < -0.39 is 12.0 Å². The van der Waals surface area contributed by atoms with Gasteiger partial charge in [-0.25, -0.2) is 9.59 Å². The molecule has 0 radical (unpaired) electrons. The largest absolute Gasteiger partial charge is 0.480 e. The predicted octanol–water partition coefficient (Wildman–Crippen LogP) is 1.56. The van der Waals surface area contributed by atoms with Crippen molar-refractivity contribution in [3.8, 4) is 0 Å². The fraction of sp³-hybridized carbons (Fsp3) is 0.400. The first-order valence-electron chi connectivity index (χ1n) is 7.37. The van der Waals surface area contributed by atoms with Crippen LogP contribution in [-0.2, 0) is 4.79 Å². The minimum absolute atomic E-state index is 0.263. The summed E-state index contributed by atoms with van der Waals surface area (Å²) < 4.78 is 0. The number of carbonyl (C=O) groups excluding carboxylic acids is 2. The van der Waals surface area contributed by atoms with Gasteiger partial charge in [-0.15, -0.1) is 0 Å². The van der Waals surface area contributed by atoms with Crippen molar-refractivity contribution in [2.45, 2.75) is 18.9 Å². The lowest BCUT2D eigenvalue weighted by molar-refractivity contribution is -0.141. The summed E-state index contributed by atoms with van der Waals surface area (Å²) >= 11 is 6.14. The van der Waals surface area contributed by atoms with Gasteiger partial charge in [0.1, 0.15) is 6.04 Å². The molecule has 0 bridgehead atoms. The number of likely N-dealkylation sites (tertiary alicyclic amines) is 1. The highest BCUT2D eigenvalue weighted by Crippen LogP contribution is 2.30. The van der Waals surface area contributed by atoms with E-state index >= 15 is 0 Å². The molecule has 1 atom stereocenters. The summed E-state index contributed by atoms with van der Waals surface area (Å²) in [4.78, 5) is 38.5. The Kier molecular flexibility index (Phi) is 4.12. The highest BCUT2D eigenvalue weighted by molar-refractivity contribution is 6.34. The van der Waals surface area contributed by atoms with E-state index in [4.69, 9.17) is 11.6 Å². The monoisotopic (exact) mass is 337 g/mol. The first-order chi connectivity index (χ1) is 11.0. The maximum absolute atomic E-state index is 12.6. The number of amides is 3. The summed E-state index contributed by atoms with van der Waals surface area (Å²) in [7, 11) is 0. The van der Waals surface area contributed by atoms with E-state index in [0.717, 1.165) is 0 Å². The van der Waals surface area contributed by atoms with Crippen molar-refractivity contribution in [2.24, 2.45) is 0 Å². The number of benzene rings is 1. The lowest BCUT2D eigenvalue weighted by Crippen LogP contribution is -2.40. The Morgan fingerprint density at radius 2 is 2.09 bits per heavy atom. The number of carboxylic acids is 1. The summed E-state index contributed by atoms with van der Waals surface area (Å²) in [5.41, 5.74) is 0.788. The summed E-state index contributed by atoms with van der Waals surface area (Å²) in [5, 5.41) is 12.3. The Balaban J connectivity index is 1.90. The number of nitrogens with zero attached hydrogens (tertiary/aromatic N) is 2. The maximum Gasteiger partial charge on any atom is 0.326 e. The first-order valence-corrected chi connectivity index (χ1v) is 7.75. The fourth-order valence-electron chi connectivity index (χ4n) is 2.99. The van der Waals surface area contributed by atoms with E-state index in [-0.39, 0.29) is 11.9 Å². The Bertz CT molecular complexity index is 679. The van der Waals surface area contributed by atoms with Gasteiger partial charge in [-0.2, -0.15) is 0 Å². The first kappa shape index (κ1) is 15.6. The van der Waals surface area contributed by atoms with E-state index in [9.17, 15) is 19.5 Å². The van der Waals surface area contributed by atoms with Crippen molar-refractivity contribution in [1.29, 1.82) is 0 Å². The van der Waals surface area contributed by atoms with Crippen LogP contribution in [0.3, 0.4) is 0 Å². The van der Waals surface area contributed by atoms with Crippen LogP contribution in [0, 0.1) is 0 Å². The number of rotatable bonds is 3. The molecule has 2 heterocycles. The van der Waals surface area contributed by atoms with Crippen LogP contribution < -0.4 is 10.2 Å². The lowest BCUT2D eigenvalue weighted by atomic mass is 10.1. The zero-order valence-corrected chi connectivity index (χ0v) is 13.0. The van der Waals surface area contributed by atoms with Crippen molar-refractivity contribution in [3.05, 3.63) is 28.8 Å². The summed E-state index contributed by atoms with van der Waals surface area (Å²) in [6, 6.07) is 3.60. The number of hydrogen-bond acceptors (Lipinski definition) is 3. The van der Waals surface area contributed by atoms with Crippen molar-refractivity contribution in [1.82, 2.24) is 10.2 Å². The highest BCUT2D eigenvalue weighted by Gasteiger charge is 2.35. The third-order valence-corrected chi connectivity index (χ3v) is 4.46. The molecule has 0 saturated carbocycles. The van der Waals surface area contributed by atoms with E-state index in [1.54, 1.807) is 18.2 Å². The van der Waals surface area contributed by atoms with E-state index in [2.05, 4.69) is 5.32 Å². The van der Waals surface area contributed by atoms with Gasteiger partial charge in [-0.1, -0.05) is 11.6 Å². The van der Waals surface area contributed by atoms with Crippen LogP contribution in [0.1, 0.15) is 23.2 Å². The van der Waals surface area contributed by atoms with Gasteiger partial charge in [-0.3, -0.25) is 9.69 Å². The molecule has 1 unspecified atom stereocenters. The van der Waals surface area contributed by atoms with Crippen LogP contribution in [0.2, 0.25) is 5.02 Å². The minimum atomic E-state index is -0.996. The van der Waals surface area contributed by atoms with E-state index in [1.165, 1.54) is 9.80 Å². The van der Waals surface area contributed by atoms with Gasteiger partial charge in [0, 0.05) is 25.2 Å². The Morgan fingerprint density at radius 3 is 2.74 bits per heavy atom. The molecule has 0 spiro atoms. The van der Waals surface area contributed by atoms with Crippen LogP contribution >= 0.6 is 11.6 Å². The van der Waals surface area contributed by atoms with Crippen molar-refractivity contribution < 1.29 is 19.5 Å². The molecule has 8 heteroatoms. The van der Waals surface area contributed by atoms with Crippen molar-refractivity contribution in [2.75, 3.05) is 24.5 Å². The number of nitrogens with one attached hydrogen (secondary N) is 1. The Morgan fingerprint density at radius 1 is 1.30 bits per heavy atom. The summed E-state index contributed by atoms with van der Waals surface area (Å²) in [6.07, 6.45) is 1.12. The lowest BCUT2D eigenvalue weighted by Gasteiger charge is -2.23. The maximum atomic E-state index is 12.6. The minimum Gasteiger partial charge on any atom is -0.480 e. The highest BCUT2D eigenvalue weighted by atomic mass is 35.5. The van der Waals surface area contributed by atoms with Gasteiger partial charge in [0.2, 0.25) is 0 Å². The molecule has 1 aromatic rings. The average molecular weight is 338 g/mol. The smallest absolute Gasteiger partial charge is 0.326 e. The second kappa shape index (κ2) is 6.08. The Labute approximate surface area is 137 Å². The fourth-order valence-corrected chi connectivity index (χ4v) is 3.21. The summed E-state index contributed by atoms with van der Waals surface area (Å²) in [6.45, 7) is 1.40. The molecule has 2 fully saturated rings. The quantitative estimate of drug-likeness (QED) is 0.875. The molecular formula is C15H16ClN3O4. The van der Waals surface area contributed by atoms with Gasteiger partial charge >= 0.3 is 12.0 Å². The molecule has 2 N–H and O–H groups in total. The molecule has 7 nitrogen and oxygen atoms in total. The molecule has 1 aromatic carbocycles. The van der Waals surface area contributed by atoms with Crippen LogP contribution in [-0.4, -0.2) is 53.6 Å². The van der Waals surface area contributed by atoms with Crippen molar-refractivity contribution in [3.63, 3.8) is 0 Å². The van der Waals surface area contributed by atoms with E-state index in [0.29, 0.717) is 48.7 Å². The molecule has 2 saturated heterocycles. The zero-order valence-electron chi connectivity index (χ0n) is 12.3. The third kappa shape index (κ3) is 2.84. The standard InChI is InChI=1S/C15H16ClN3O4/c16-10-4-3-9(8-12(10)19-7-5-17-15(19)23)13(20)18-6-1-2-11(18)14(21)22/h3-4,8,11H,1-2,5-7H2,(H,17,23)(H,21,22).